The summed E-state index contributed by atoms with van der Waals surface area (Å²) in [6.07, 6.45) is 3.32. The molecule has 2 fully saturated rings. The molecule has 0 aliphatic carbocycles. The van der Waals surface area contributed by atoms with Gasteiger partial charge in [0.2, 0.25) is 0 Å². The Morgan fingerprint density at radius 2 is 1.86 bits per heavy atom. The number of carbonyl (C=O) groups excluding carboxylic acids is 1. The van der Waals surface area contributed by atoms with E-state index in [4.69, 9.17) is 4.74 Å². The van der Waals surface area contributed by atoms with Crippen LogP contribution in [0.3, 0.4) is 0 Å². The number of rotatable bonds is 3. The second kappa shape index (κ2) is 5.82. The van der Waals surface area contributed by atoms with Gasteiger partial charge in [-0.1, -0.05) is 49.1 Å². The van der Waals surface area contributed by atoms with Crippen LogP contribution in [0.1, 0.15) is 30.7 Å². The first-order valence-corrected chi connectivity index (χ1v) is 11.8. The maximum atomic E-state index is 12.3. The molecule has 2 aliphatic heterocycles. The quantitative estimate of drug-likeness (QED) is 0.688. The van der Waals surface area contributed by atoms with Crippen molar-refractivity contribution in [3.05, 3.63) is 29.8 Å². The smallest absolute Gasteiger partial charge is 0.310 e. The van der Waals surface area contributed by atoms with Crippen molar-refractivity contribution in [3.63, 3.8) is 0 Å². The molecule has 2 bridgehead atoms. The van der Waals surface area contributed by atoms with Gasteiger partial charge >= 0.3 is 5.97 Å². The maximum Gasteiger partial charge on any atom is 0.310 e. The minimum atomic E-state index is -1.27. The fourth-order valence-corrected chi connectivity index (χ4v) is 5.26. The Morgan fingerprint density at radius 3 is 2.45 bits per heavy atom. The van der Waals surface area contributed by atoms with Crippen LogP contribution in [0.25, 0.3) is 0 Å². The van der Waals surface area contributed by atoms with E-state index in [2.05, 4.69) is 49.2 Å². The molecule has 0 radical (unpaired) electrons. The molecule has 3 nitrogen and oxygen atoms in total. The Hall–Kier alpha value is -1.13. The molecule has 3 rings (SSSR count). The first kappa shape index (κ1) is 15.8. The molecule has 2 heterocycles. The molecular weight excluding hydrogens is 290 g/mol. The molecule has 4 atom stereocenters. The largest absolute Gasteiger partial charge is 0.469 e. The summed E-state index contributed by atoms with van der Waals surface area (Å²) in [7, 11) is 0.239. The summed E-state index contributed by atoms with van der Waals surface area (Å²) in [6.45, 7) is 7.10. The normalized spacial score (nSPS) is 31.1. The highest BCUT2D eigenvalue weighted by molar-refractivity contribution is 6.88. The molecule has 1 aromatic carbocycles. The van der Waals surface area contributed by atoms with E-state index >= 15 is 0 Å². The van der Waals surface area contributed by atoms with E-state index in [1.54, 1.807) is 0 Å². The zero-order valence-electron chi connectivity index (χ0n) is 14.1. The van der Waals surface area contributed by atoms with E-state index in [1.165, 1.54) is 24.3 Å². The van der Waals surface area contributed by atoms with Crippen LogP contribution in [0.5, 0.6) is 0 Å². The molecule has 120 valence electrons. The average Bonchev–Trinajstić information content (AvgIpc) is 2.87. The van der Waals surface area contributed by atoms with Crippen molar-refractivity contribution in [2.45, 2.75) is 56.9 Å². The van der Waals surface area contributed by atoms with E-state index < -0.39 is 8.07 Å². The van der Waals surface area contributed by atoms with Gasteiger partial charge in [-0.3, -0.25) is 4.79 Å². The molecule has 1 aromatic rings. The van der Waals surface area contributed by atoms with Crippen LogP contribution in [0.4, 0.5) is 0 Å². The highest BCUT2D eigenvalue weighted by Crippen LogP contribution is 2.42. The highest BCUT2D eigenvalue weighted by Gasteiger charge is 2.46. The molecule has 2 aliphatic rings. The van der Waals surface area contributed by atoms with Crippen LogP contribution >= 0.6 is 0 Å². The van der Waals surface area contributed by atoms with Crippen molar-refractivity contribution in [1.29, 1.82) is 0 Å². The summed E-state index contributed by atoms with van der Waals surface area (Å²) in [5, 5.41) is 5.07. The summed E-state index contributed by atoms with van der Waals surface area (Å²) in [4.78, 5) is 12.3. The molecule has 22 heavy (non-hydrogen) atoms. The molecule has 0 amide bonds. The summed E-state index contributed by atoms with van der Waals surface area (Å²) in [6, 6.07) is 9.90. The van der Waals surface area contributed by atoms with Crippen LogP contribution in [-0.2, 0) is 9.53 Å². The summed E-state index contributed by atoms with van der Waals surface area (Å²) in [5.74, 6) is 0.195. The molecular formula is C18H27NO2Si. The van der Waals surface area contributed by atoms with Gasteiger partial charge in [-0.15, -0.1) is 0 Å². The van der Waals surface area contributed by atoms with Gasteiger partial charge in [0.05, 0.1) is 21.1 Å². The zero-order valence-corrected chi connectivity index (χ0v) is 15.1. The SMILES string of the molecule is COC(=O)C1C2CCC(CC1c1ccc([Si](C)(C)C)cc1)N2. The van der Waals surface area contributed by atoms with E-state index in [0.717, 1.165) is 12.8 Å². The van der Waals surface area contributed by atoms with Crippen LogP contribution in [0.2, 0.25) is 19.6 Å². The predicted octanol–water partition coefficient (Wildman–Crippen LogP) is 2.63. The number of hydrogen-bond acceptors (Lipinski definition) is 3. The van der Waals surface area contributed by atoms with Crippen molar-refractivity contribution < 1.29 is 9.53 Å². The van der Waals surface area contributed by atoms with Gasteiger partial charge in [0, 0.05) is 18.0 Å². The lowest BCUT2D eigenvalue weighted by molar-refractivity contribution is -0.148. The number of benzene rings is 1. The number of carbonyl (C=O) groups is 1. The van der Waals surface area contributed by atoms with Crippen LogP contribution < -0.4 is 10.5 Å². The number of nitrogens with one attached hydrogen (secondary N) is 1. The molecule has 1 N–H and O–H groups in total. The first-order chi connectivity index (χ1) is 10.4. The van der Waals surface area contributed by atoms with Gasteiger partial charge in [0.15, 0.2) is 0 Å². The third-order valence-corrected chi connectivity index (χ3v) is 7.42. The monoisotopic (exact) mass is 317 g/mol. The van der Waals surface area contributed by atoms with Crippen molar-refractivity contribution in [1.82, 2.24) is 5.32 Å². The van der Waals surface area contributed by atoms with Gasteiger partial charge in [0.1, 0.15) is 0 Å². The number of esters is 1. The number of ether oxygens (including phenoxy) is 1. The molecule has 4 heteroatoms. The molecule has 0 spiro atoms. The van der Waals surface area contributed by atoms with E-state index in [1.807, 2.05) is 0 Å². The van der Waals surface area contributed by atoms with Gasteiger partial charge in [-0.25, -0.2) is 0 Å². The second-order valence-electron chi connectivity index (χ2n) is 7.81. The topological polar surface area (TPSA) is 38.3 Å². The lowest BCUT2D eigenvalue weighted by Gasteiger charge is -2.36. The zero-order chi connectivity index (χ0) is 15.9. The summed E-state index contributed by atoms with van der Waals surface area (Å²) in [5.41, 5.74) is 1.30. The van der Waals surface area contributed by atoms with E-state index in [-0.39, 0.29) is 17.9 Å². The fraction of sp³-hybridized carbons (Fsp3) is 0.611. The third-order valence-electron chi connectivity index (χ3n) is 5.36. The maximum absolute atomic E-state index is 12.3. The molecule has 4 unspecified atom stereocenters. The minimum absolute atomic E-state index is 0.0403. The second-order valence-corrected chi connectivity index (χ2v) is 12.9. The van der Waals surface area contributed by atoms with Gasteiger partial charge in [0.25, 0.3) is 0 Å². The molecule has 0 aromatic heterocycles. The predicted molar refractivity (Wildman–Crippen MR) is 92.2 cm³/mol. The summed E-state index contributed by atoms with van der Waals surface area (Å²) < 4.78 is 5.10. The van der Waals surface area contributed by atoms with E-state index in [9.17, 15) is 4.79 Å². The van der Waals surface area contributed by atoms with Crippen molar-refractivity contribution in [2.24, 2.45) is 5.92 Å². The number of piperidine rings is 1. The van der Waals surface area contributed by atoms with Crippen LogP contribution in [0.15, 0.2) is 24.3 Å². The van der Waals surface area contributed by atoms with Crippen molar-refractivity contribution in [3.8, 4) is 0 Å². The van der Waals surface area contributed by atoms with Gasteiger partial charge in [-0.05, 0) is 24.8 Å². The number of hydrogen-bond donors (Lipinski definition) is 1. The van der Waals surface area contributed by atoms with Crippen molar-refractivity contribution in [2.75, 3.05) is 7.11 Å². The standard InChI is InChI=1S/C18H27NO2Si/c1-21-18(20)17-15(11-13-7-10-16(17)19-13)12-5-8-14(9-6-12)22(2,3)4/h5-6,8-9,13,15-17,19H,7,10-11H2,1-4H3. The third kappa shape index (κ3) is 2.86. The fourth-order valence-electron chi connectivity index (χ4n) is 4.09. The van der Waals surface area contributed by atoms with Gasteiger partial charge in [-0.2, -0.15) is 0 Å². The Morgan fingerprint density at radius 1 is 1.18 bits per heavy atom. The Labute approximate surface area is 134 Å². The highest BCUT2D eigenvalue weighted by atomic mass is 28.3. The van der Waals surface area contributed by atoms with E-state index in [0.29, 0.717) is 12.0 Å². The number of fused-ring (bicyclic) bond motifs is 2. The van der Waals surface area contributed by atoms with Crippen LogP contribution in [-0.4, -0.2) is 33.2 Å². The summed E-state index contributed by atoms with van der Waals surface area (Å²) >= 11 is 0. The Bertz CT molecular complexity index is 549. The Kier molecular flexibility index (Phi) is 4.16. The molecule has 0 saturated carbocycles. The lowest BCUT2D eigenvalue weighted by atomic mass is 9.77. The number of methoxy groups -OCH3 is 1. The van der Waals surface area contributed by atoms with Crippen LogP contribution in [0, 0.1) is 5.92 Å². The lowest BCUT2D eigenvalue weighted by Crippen LogP contribution is -2.48. The minimum Gasteiger partial charge on any atom is -0.469 e. The van der Waals surface area contributed by atoms with Crippen molar-refractivity contribution >= 4 is 19.2 Å². The Balaban J connectivity index is 1.89. The molecule has 2 saturated heterocycles. The van der Waals surface area contributed by atoms with Gasteiger partial charge < -0.3 is 10.1 Å². The first-order valence-electron chi connectivity index (χ1n) is 8.34. The average molecular weight is 318 g/mol.